The Morgan fingerprint density at radius 3 is 2.75 bits per heavy atom. The Balaban J connectivity index is 1.87. The van der Waals surface area contributed by atoms with Crippen molar-refractivity contribution in [3.05, 3.63) is 21.9 Å². The highest BCUT2D eigenvalue weighted by atomic mass is 32.1. The predicted molar refractivity (Wildman–Crippen MR) is 83.1 cm³/mol. The van der Waals surface area contributed by atoms with Crippen LogP contribution < -0.4 is 5.32 Å². The monoisotopic (exact) mass is 295 g/mol. The average Bonchev–Trinajstić information content (AvgIpc) is 2.83. The second-order valence-corrected chi connectivity index (χ2v) is 7.37. The largest absolute Gasteiger partial charge is 0.481 e. The zero-order valence-corrected chi connectivity index (χ0v) is 13.2. The van der Waals surface area contributed by atoms with E-state index in [1.165, 1.54) is 30.6 Å². The Labute approximate surface area is 125 Å². The van der Waals surface area contributed by atoms with Crippen LogP contribution in [0.15, 0.2) is 12.1 Å². The molecule has 4 heteroatoms. The lowest BCUT2D eigenvalue weighted by Crippen LogP contribution is -2.40. The van der Waals surface area contributed by atoms with Crippen molar-refractivity contribution in [3.8, 4) is 0 Å². The van der Waals surface area contributed by atoms with Crippen molar-refractivity contribution < 1.29 is 9.90 Å². The highest BCUT2D eigenvalue weighted by molar-refractivity contribution is 7.12. The van der Waals surface area contributed by atoms with Crippen molar-refractivity contribution >= 4 is 17.3 Å². The van der Waals surface area contributed by atoms with Gasteiger partial charge in [-0.25, -0.2) is 0 Å². The summed E-state index contributed by atoms with van der Waals surface area (Å²) < 4.78 is 0. The van der Waals surface area contributed by atoms with Crippen molar-refractivity contribution in [2.24, 2.45) is 11.8 Å². The quantitative estimate of drug-likeness (QED) is 0.841. The third-order valence-electron chi connectivity index (χ3n) is 4.26. The molecule has 0 aliphatic heterocycles. The second kappa shape index (κ2) is 7.23. The molecule has 1 fully saturated rings. The molecule has 1 aromatic heterocycles. The first-order valence-corrected chi connectivity index (χ1v) is 8.40. The number of carboxylic acid groups (broad SMARTS) is 1. The molecule has 1 aromatic rings. The third kappa shape index (κ3) is 4.32. The van der Waals surface area contributed by atoms with Gasteiger partial charge in [0.2, 0.25) is 0 Å². The lowest BCUT2D eigenvalue weighted by atomic mass is 9.78. The number of hydrogen-bond donors (Lipinski definition) is 2. The Bertz CT molecular complexity index is 441. The van der Waals surface area contributed by atoms with Gasteiger partial charge in [-0.2, -0.15) is 0 Å². The third-order valence-corrected chi connectivity index (χ3v) is 5.34. The molecule has 0 bridgehead atoms. The van der Waals surface area contributed by atoms with Crippen LogP contribution in [0.4, 0.5) is 0 Å². The van der Waals surface area contributed by atoms with Crippen LogP contribution in [0.25, 0.3) is 0 Å². The maximum absolute atomic E-state index is 10.7. The van der Waals surface area contributed by atoms with Crippen LogP contribution in [0.5, 0.6) is 0 Å². The van der Waals surface area contributed by atoms with E-state index < -0.39 is 5.97 Å². The molecule has 20 heavy (non-hydrogen) atoms. The highest BCUT2D eigenvalue weighted by Gasteiger charge is 2.26. The first-order chi connectivity index (χ1) is 9.56. The van der Waals surface area contributed by atoms with Crippen LogP contribution in [-0.2, 0) is 17.8 Å². The van der Waals surface area contributed by atoms with E-state index >= 15 is 0 Å². The number of rotatable bonds is 6. The summed E-state index contributed by atoms with van der Waals surface area (Å²) in [4.78, 5) is 12.9. The molecule has 112 valence electrons. The number of carboxylic acids is 1. The van der Waals surface area contributed by atoms with Crippen LogP contribution in [0.1, 0.15) is 49.3 Å². The molecule has 2 rings (SSSR count). The highest BCUT2D eigenvalue weighted by Crippen LogP contribution is 2.30. The molecule has 0 amide bonds. The van der Waals surface area contributed by atoms with Gasteiger partial charge in [0, 0.05) is 22.3 Å². The van der Waals surface area contributed by atoms with Crippen LogP contribution in [0.2, 0.25) is 0 Å². The van der Waals surface area contributed by atoms with Gasteiger partial charge in [0.25, 0.3) is 0 Å². The molecule has 2 atom stereocenters. The van der Waals surface area contributed by atoms with Gasteiger partial charge in [-0.05, 0) is 36.8 Å². The van der Waals surface area contributed by atoms with E-state index in [9.17, 15) is 4.79 Å². The minimum atomic E-state index is -0.751. The molecule has 2 N–H and O–H groups in total. The zero-order valence-electron chi connectivity index (χ0n) is 12.4. The fourth-order valence-electron chi connectivity index (χ4n) is 3.20. The maximum Gasteiger partial charge on any atom is 0.308 e. The molecule has 1 saturated carbocycles. The van der Waals surface area contributed by atoms with Gasteiger partial charge < -0.3 is 10.4 Å². The summed E-state index contributed by atoms with van der Waals surface area (Å²) in [6, 6.07) is 4.62. The lowest BCUT2D eigenvalue weighted by molar-refractivity contribution is -0.136. The van der Waals surface area contributed by atoms with Crippen molar-refractivity contribution in [3.63, 3.8) is 0 Å². The SMILES string of the molecule is CC(C)C1CCCCC1NCc1ccc(CC(=O)O)s1. The summed E-state index contributed by atoms with van der Waals surface area (Å²) in [5.41, 5.74) is 0. The maximum atomic E-state index is 10.7. The summed E-state index contributed by atoms with van der Waals surface area (Å²) >= 11 is 1.62. The molecule has 2 unspecified atom stereocenters. The number of aliphatic carboxylic acids is 1. The molecule has 1 aliphatic carbocycles. The molecule has 0 aromatic carbocycles. The Kier molecular flexibility index (Phi) is 5.61. The van der Waals surface area contributed by atoms with E-state index in [1.54, 1.807) is 11.3 Å². The smallest absolute Gasteiger partial charge is 0.308 e. The van der Waals surface area contributed by atoms with E-state index in [0.29, 0.717) is 6.04 Å². The molecule has 1 heterocycles. The van der Waals surface area contributed by atoms with Gasteiger partial charge in [0.05, 0.1) is 6.42 Å². The first kappa shape index (κ1) is 15.5. The van der Waals surface area contributed by atoms with Gasteiger partial charge in [-0.15, -0.1) is 11.3 Å². The first-order valence-electron chi connectivity index (χ1n) is 7.59. The number of hydrogen-bond acceptors (Lipinski definition) is 3. The minimum absolute atomic E-state index is 0.142. The number of thiophene rings is 1. The summed E-state index contributed by atoms with van der Waals surface area (Å²) in [6.07, 6.45) is 5.45. The fraction of sp³-hybridized carbons (Fsp3) is 0.688. The molecule has 0 spiro atoms. The van der Waals surface area contributed by atoms with Crippen LogP contribution in [0, 0.1) is 11.8 Å². The van der Waals surface area contributed by atoms with Crippen molar-refractivity contribution in [1.82, 2.24) is 5.32 Å². The molecule has 1 aliphatic rings. The van der Waals surface area contributed by atoms with E-state index in [2.05, 4.69) is 25.2 Å². The molecular weight excluding hydrogens is 270 g/mol. The normalized spacial score (nSPS) is 23.1. The van der Waals surface area contributed by atoms with E-state index in [4.69, 9.17) is 5.11 Å². The average molecular weight is 295 g/mol. The molecule has 0 radical (unpaired) electrons. The molecule has 3 nitrogen and oxygen atoms in total. The molecule has 0 saturated heterocycles. The van der Waals surface area contributed by atoms with E-state index in [0.717, 1.165) is 23.3 Å². The number of carbonyl (C=O) groups is 1. The van der Waals surface area contributed by atoms with Crippen LogP contribution in [0.3, 0.4) is 0 Å². The predicted octanol–water partition coefficient (Wildman–Crippen LogP) is 3.68. The topological polar surface area (TPSA) is 49.3 Å². The van der Waals surface area contributed by atoms with E-state index in [-0.39, 0.29) is 6.42 Å². The lowest BCUT2D eigenvalue weighted by Gasteiger charge is -2.35. The van der Waals surface area contributed by atoms with Gasteiger partial charge in [0.1, 0.15) is 0 Å². The van der Waals surface area contributed by atoms with Crippen molar-refractivity contribution in [2.45, 2.75) is 58.5 Å². The van der Waals surface area contributed by atoms with E-state index in [1.807, 2.05) is 6.07 Å². The van der Waals surface area contributed by atoms with Gasteiger partial charge in [-0.3, -0.25) is 4.79 Å². The summed E-state index contributed by atoms with van der Waals surface area (Å²) in [6.45, 7) is 5.51. The number of nitrogens with one attached hydrogen (secondary N) is 1. The van der Waals surface area contributed by atoms with Gasteiger partial charge >= 0.3 is 5.97 Å². The summed E-state index contributed by atoms with van der Waals surface area (Å²) in [5, 5.41) is 12.5. The molecular formula is C16H25NO2S. The fourth-order valence-corrected chi connectivity index (χ4v) is 4.16. The standard InChI is InChI=1S/C16H25NO2S/c1-11(2)14-5-3-4-6-15(14)17-10-13-8-7-12(20-13)9-16(18)19/h7-8,11,14-15,17H,3-6,9-10H2,1-2H3,(H,18,19). The van der Waals surface area contributed by atoms with Crippen molar-refractivity contribution in [2.75, 3.05) is 0 Å². The van der Waals surface area contributed by atoms with Gasteiger partial charge in [0.15, 0.2) is 0 Å². The zero-order chi connectivity index (χ0) is 14.5. The summed E-state index contributed by atoms with van der Waals surface area (Å²) in [5.74, 6) is 0.763. The summed E-state index contributed by atoms with van der Waals surface area (Å²) in [7, 11) is 0. The van der Waals surface area contributed by atoms with Crippen LogP contribution >= 0.6 is 11.3 Å². The Morgan fingerprint density at radius 2 is 2.05 bits per heavy atom. The minimum Gasteiger partial charge on any atom is -0.481 e. The second-order valence-electron chi connectivity index (χ2n) is 6.12. The van der Waals surface area contributed by atoms with Gasteiger partial charge in [-0.1, -0.05) is 26.7 Å². The Hall–Kier alpha value is -0.870. The Morgan fingerprint density at radius 1 is 1.35 bits per heavy atom. The van der Waals surface area contributed by atoms with Crippen molar-refractivity contribution in [1.29, 1.82) is 0 Å². The van der Waals surface area contributed by atoms with Crippen LogP contribution in [-0.4, -0.2) is 17.1 Å².